The van der Waals surface area contributed by atoms with Crippen LogP contribution in [0.2, 0.25) is 10.0 Å². The van der Waals surface area contributed by atoms with Gasteiger partial charge in [0.25, 0.3) is 0 Å². The first kappa shape index (κ1) is 94.8. The highest BCUT2D eigenvalue weighted by Crippen LogP contribution is 2.46. The van der Waals surface area contributed by atoms with E-state index in [0.717, 1.165) is 32.1 Å². The van der Waals surface area contributed by atoms with Crippen molar-refractivity contribution in [2.45, 2.75) is 200 Å². The lowest BCUT2D eigenvalue weighted by Crippen LogP contribution is -2.49. The van der Waals surface area contributed by atoms with E-state index >= 15 is 8.78 Å². The summed E-state index contributed by atoms with van der Waals surface area (Å²) in [5.74, 6) is -1.29. The number of nitrogens with zero attached hydrogens (tertiary/aromatic N) is 5. The number of benzene rings is 5. The Morgan fingerprint density at radius 2 is 0.829 bits per heavy atom. The molecule has 3 aromatic heterocycles. The molecule has 6 heterocycles. The van der Waals surface area contributed by atoms with Crippen molar-refractivity contribution in [3.8, 4) is 0 Å². The van der Waals surface area contributed by atoms with Gasteiger partial charge in [0.2, 0.25) is 17.7 Å². The van der Waals surface area contributed by atoms with Gasteiger partial charge in [0.1, 0.15) is 29.5 Å². The molecule has 6 fully saturated rings. The molecule has 3 saturated heterocycles. The van der Waals surface area contributed by atoms with Crippen molar-refractivity contribution < 1.29 is 59.8 Å². The summed E-state index contributed by atoms with van der Waals surface area (Å²) in [7, 11) is 1.74. The van der Waals surface area contributed by atoms with Gasteiger partial charge in [0, 0.05) is 93.8 Å². The van der Waals surface area contributed by atoms with Crippen LogP contribution in [-0.2, 0) is 67.2 Å². The molecule has 3 aliphatic carbocycles. The lowest BCUT2D eigenvalue weighted by molar-refractivity contribution is -0.120. The average molecular weight is 1790 g/mol. The number of ether oxygens (including phenoxy) is 3. The second-order valence-corrected chi connectivity index (χ2v) is 39.1. The van der Waals surface area contributed by atoms with Crippen LogP contribution in [0.4, 0.5) is 51.2 Å². The van der Waals surface area contributed by atoms with Crippen LogP contribution in [0, 0.1) is 35.2 Å². The van der Waals surface area contributed by atoms with Crippen LogP contribution in [-0.4, -0.2) is 150 Å². The van der Waals surface area contributed by atoms with Crippen molar-refractivity contribution in [2.24, 2.45) is 23.5 Å². The monoisotopic (exact) mass is 1790 g/mol. The van der Waals surface area contributed by atoms with E-state index in [1.165, 1.54) is 67.9 Å². The number of halogens is 6. The summed E-state index contributed by atoms with van der Waals surface area (Å²) in [6.07, 6.45) is 17.0. The molecule has 0 bridgehead atoms. The fourth-order valence-corrected chi connectivity index (χ4v) is 17.4. The van der Waals surface area contributed by atoms with Crippen molar-refractivity contribution in [1.29, 1.82) is 0 Å². The Hall–Kier alpha value is -8.82. The third-order valence-corrected chi connectivity index (χ3v) is 27.1. The highest BCUT2D eigenvalue weighted by molar-refractivity contribution is 7.84. The molecular weight excluding hydrogens is 1680 g/mol. The highest BCUT2D eigenvalue weighted by atomic mass is 35.5. The summed E-state index contributed by atoms with van der Waals surface area (Å²) in [4.78, 5) is 83.2. The first-order valence-corrected chi connectivity index (χ1v) is 44.6. The summed E-state index contributed by atoms with van der Waals surface area (Å²) >= 11 is 11.9. The van der Waals surface area contributed by atoms with E-state index in [9.17, 15) is 36.8 Å². The molecular formula is C91H112Cl3F3N14O10S2. The first-order valence-electron chi connectivity index (χ1n) is 41.5. The first-order chi connectivity index (χ1) is 58.3. The highest BCUT2D eigenvalue weighted by Gasteiger charge is 2.47. The van der Waals surface area contributed by atoms with Crippen LogP contribution in [0.1, 0.15) is 172 Å². The van der Waals surface area contributed by atoms with E-state index in [2.05, 4.69) is 56.3 Å². The van der Waals surface area contributed by atoms with Gasteiger partial charge in [0.05, 0.1) is 107 Å². The number of rotatable bonds is 30. The second-order valence-electron chi connectivity index (χ2n) is 34.3. The Bertz CT molecular complexity index is 4990. The molecule has 123 heavy (non-hydrogen) atoms. The maximum Gasteiger partial charge on any atom is 0.322 e. The zero-order valence-electron chi connectivity index (χ0n) is 70.7. The van der Waals surface area contributed by atoms with Gasteiger partial charge < -0.3 is 61.6 Å². The quantitative estimate of drug-likeness (QED) is 0.0202. The van der Waals surface area contributed by atoms with Crippen molar-refractivity contribution in [3.05, 3.63) is 238 Å². The van der Waals surface area contributed by atoms with E-state index in [1.807, 2.05) is 96.1 Å². The largest absolute Gasteiger partial charge is 0.380 e. The molecule has 3 aliphatic heterocycles. The summed E-state index contributed by atoms with van der Waals surface area (Å²) in [6.45, 7) is 12.4. The number of urea groups is 2. The van der Waals surface area contributed by atoms with Crippen LogP contribution < -0.4 is 47.1 Å². The summed E-state index contributed by atoms with van der Waals surface area (Å²) in [5, 5.41) is 18.0. The number of amides is 7. The number of carbonyl (C=O) groups is 5. The van der Waals surface area contributed by atoms with Crippen molar-refractivity contribution in [3.63, 3.8) is 0 Å². The van der Waals surface area contributed by atoms with Gasteiger partial charge in [-0.05, 0) is 242 Å². The molecule has 11 atom stereocenters. The van der Waals surface area contributed by atoms with Crippen LogP contribution in [0.25, 0.3) is 0 Å². The van der Waals surface area contributed by atoms with Gasteiger partial charge in [-0.25, -0.2) is 40.6 Å². The number of hydrogen-bond acceptors (Lipinski definition) is 15. The maximum atomic E-state index is 15.5. The van der Waals surface area contributed by atoms with Crippen molar-refractivity contribution in [1.82, 2.24) is 39.5 Å². The van der Waals surface area contributed by atoms with Crippen molar-refractivity contribution in [2.75, 3.05) is 67.5 Å². The minimum atomic E-state index is -1.50. The maximum absolute atomic E-state index is 15.5. The molecule has 3 saturated carbocycles. The van der Waals surface area contributed by atoms with Crippen LogP contribution in [0.15, 0.2) is 176 Å². The van der Waals surface area contributed by atoms with Gasteiger partial charge >= 0.3 is 12.1 Å². The summed E-state index contributed by atoms with van der Waals surface area (Å²) in [5.41, 5.74) is 9.25. The smallest absolute Gasteiger partial charge is 0.322 e. The van der Waals surface area contributed by atoms with Crippen LogP contribution in [0.5, 0.6) is 0 Å². The number of pyridine rings is 3. The molecule has 6 aliphatic rings. The lowest BCUT2D eigenvalue weighted by atomic mass is 9.82. The van der Waals surface area contributed by atoms with E-state index in [4.69, 9.17) is 43.1 Å². The molecule has 660 valence electrons. The number of likely N-dealkylation sites (tertiary alicyclic amines) is 2. The second kappa shape index (κ2) is 42.0. The molecule has 0 radical (unpaired) electrons. The van der Waals surface area contributed by atoms with Gasteiger partial charge in [-0.15, -0.1) is 12.4 Å². The lowest BCUT2D eigenvalue weighted by Gasteiger charge is -2.37. The van der Waals surface area contributed by atoms with E-state index in [0.29, 0.717) is 105 Å². The van der Waals surface area contributed by atoms with Gasteiger partial charge in [-0.2, -0.15) is 0 Å². The Kier molecular flexibility index (Phi) is 32.4. The average Bonchev–Trinajstić information content (AvgIpc) is 1.53. The molecule has 5 aromatic carbocycles. The fraction of sp³-hybridized carbons (Fsp3) is 0.451. The molecule has 8 aromatic rings. The zero-order chi connectivity index (χ0) is 87.3. The molecule has 4 unspecified atom stereocenters. The predicted molar refractivity (Wildman–Crippen MR) is 479 cm³/mol. The predicted octanol–water partition coefficient (Wildman–Crippen LogP) is 16.6. The summed E-state index contributed by atoms with van der Waals surface area (Å²) < 4.78 is 94.6. The topological polar surface area (TPSA) is 315 Å². The van der Waals surface area contributed by atoms with Crippen LogP contribution in [0.3, 0.4) is 0 Å². The molecule has 7 amide bonds. The fourth-order valence-electron chi connectivity index (χ4n) is 15.3. The number of carbonyl (C=O) groups excluding carboxylic acids is 5. The van der Waals surface area contributed by atoms with Gasteiger partial charge in [-0.3, -0.25) is 29.3 Å². The van der Waals surface area contributed by atoms with E-state index in [-0.39, 0.29) is 79.6 Å². The number of nitrogens with two attached hydrogens (primary N) is 1. The Balaban J connectivity index is 0.000000180. The SMILES string of the molecule is CO[C@@H]1C[C@H](C(=O)Nc2cc(C(CCC3CC3)(NS(=O)C(C)(C)C)c3ccccn3)ccc2F)N(C(=O)Nc2ccc(Cl)cc2)C1.CO[C@@H]1C[C@H](C(=O)Nc2cc(C(N)(CCC3CC3)c3ccccn3)ccc2F)N(C(=O)Nc2ccc(Cl)cc2)C1.CO[C@H]1CN[C@@H](C(=O)Nc2cc(C(CCC3CC3)(N[S@@](=O)C(C)(C)C)c3ccccn3)ccc2F)C1.Cl. The van der Waals surface area contributed by atoms with E-state index < -0.39 is 108 Å². The van der Waals surface area contributed by atoms with Gasteiger partial charge in [0.15, 0.2) is 0 Å². The third kappa shape index (κ3) is 24.7. The molecule has 24 nitrogen and oxygen atoms in total. The molecule has 0 spiro atoms. The Morgan fingerprint density at radius 3 is 1.18 bits per heavy atom. The Labute approximate surface area is 739 Å². The number of hydrogen-bond donors (Lipinski definition) is 9. The van der Waals surface area contributed by atoms with Crippen LogP contribution >= 0.6 is 35.6 Å². The number of nitrogens with one attached hydrogen (secondary N) is 8. The normalized spacial score (nSPS) is 20.7. The van der Waals surface area contributed by atoms with E-state index in [1.54, 1.807) is 111 Å². The summed E-state index contributed by atoms with van der Waals surface area (Å²) in [6, 6.07) is 40.7. The standard InChI is InChI=1S/C34H41ClFN5O4S.C30H33ClFN5O3.C27H37FN4O3S.ClH/c1-33(2,3)46(44)40-34(17-16-22-8-9-22,30-7-5-6-18-37-30)23-10-15-27(36)28(19-23)39-31(42)29-20-26(45-4)21-41(29)32(43)38-25-13-11-24(35)12-14-25;1-40-23-17-26(37(18-23)29(39)35-22-10-8-21(31)9-11-22)28(38)36-25-16-20(7-12-24(25)32)30(33,14-13-19-5-6-19)27-4-2-3-15-34-27;1-26(2,3)36(34)32-27(13-12-18-8-9-18,24-7-5-6-14-29-24)19-10-11-21(28)22(15-19)31-25(33)23-16-20(35-4)17-30-23;/h5-7,10-15,18-19,22,26,29,40H,8-9,16-17,20-21H2,1-4H3,(H,38,43)(H,39,42);2-4,7-12,15-16,19,23,26H,5-6,13-14,17-18,33H2,1H3,(H,35,39)(H,36,38);5-7,10-11,14-15,18,20,23,30,32H,8-9,12-13,16-17H2,1-4H3,(H,31,33);1H/t26-,29-,34?,46?;23-,26-,30?;20-,23-,27?,36+;/m111./s1. The number of aromatic nitrogens is 3. The third-order valence-electron chi connectivity index (χ3n) is 23.3. The molecule has 32 heteroatoms. The zero-order valence-corrected chi connectivity index (χ0v) is 74.6. The van der Waals surface area contributed by atoms with Crippen molar-refractivity contribution >= 4 is 116 Å². The van der Waals surface area contributed by atoms with Gasteiger partial charge in [-0.1, -0.05) is 98.1 Å². The molecule has 14 rings (SSSR count). The minimum Gasteiger partial charge on any atom is -0.380 e. The number of anilines is 5. The molecule has 10 N–H and O–H groups in total. The minimum absolute atomic E-state index is 0. The number of methoxy groups -OCH3 is 3. The Morgan fingerprint density at radius 1 is 0.472 bits per heavy atom.